The summed E-state index contributed by atoms with van der Waals surface area (Å²) in [4.78, 5) is 2.72. The normalized spacial score (nSPS) is 10.9. The minimum absolute atomic E-state index is 0.349. The van der Waals surface area contributed by atoms with E-state index in [0.29, 0.717) is 20.9 Å². The summed E-state index contributed by atoms with van der Waals surface area (Å²) in [5.41, 5.74) is 0.393. The smallest absolute Gasteiger partial charge is 0.148 e. The van der Waals surface area contributed by atoms with Gasteiger partial charge >= 0.3 is 0 Å². The van der Waals surface area contributed by atoms with Crippen LogP contribution in [0.2, 0.25) is 10.0 Å². The number of hydrogen-bond donors (Lipinski definition) is 1. The predicted molar refractivity (Wildman–Crippen MR) is 48.3 cm³/mol. The molecule has 1 nitrogen and oxygen atoms in total. The molecule has 0 bridgehead atoms. The van der Waals surface area contributed by atoms with Crippen LogP contribution in [0.1, 0.15) is 0 Å². The number of H-pyrrole nitrogens is 1. The van der Waals surface area contributed by atoms with E-state index in [0.717, 1.165) is 0 Å². The first kappa shape index (κ1) is 7.90. The molecular formula is C8H4Cl2FN. The van der Waals surface area contributed by atoms with Gasteiger partial charge in [-0.25, -0.2) is 4.39 Å². The zero-order valence-electron chi connectivity index (χ0n) is 5.87. The average Bonchev–Trinajstić information content (AvgIpc) is 2.33. The summed E-state index contributed by atoms with van der Waals surface area (Å²) in [5.74, 6) is -0.385. The Kier molecular flexibility index (Phi) is 1.74. The maximum atomic E-state index is 13.1. The van der Waals surface area contributed by atoms with Gasteiger partial charge in [0, 0.05) is 16.6 Å². The van der Waals surface area contributed by atoms with Gasteiger partial charge in [0.1, 0.15) is 5.82 Å². The number of halogens is 3. The molecule has 0 spiro atoms. The standard InChI is InChI=1S/C8H4Cl2FN/c9-4-1-5-6(10)3-12-8(5)7(11)2-4/h1-3,12H. The van der Waals surface area contributed by atoms with Gasteiger partial charge in [-0.3, -0.25) is 0 Å². The van der Waals surface area contributed by atoms with Crippen molar-refractivity contribution in [1.29, 1.82) is 0 Å². The second-order valence-electron chi connectivity index (χ2n) is 2.45. The van der Waals surface area contributed by atoms with Crippen molar-refractivity contribution in [3.63, 3.8) is 0 Å². The number of nitrogens with one attached hydrogen (secondary N) is 1. The molecule has 12 heavy (non-hydrogen) atoms. The Morgan fingerprint density at radius 3 is 2.75 bits per heavy atom. The van der Waals surface area contributed by atoms with Crippen molar-refractivity contribution in [2.24, 2.45) is 0 Å². The molecule has 1 heterocycles. The van der Waals surface area contributed by atoms with Crippen molar-refractivity contribution in [1.82, 2.24) is 4.98 Å². The SMILES string of the molecule is Fc1cc(Cl)cc2c(Cl)c[nH]c12. The lowest BCUT2D eigenvalue weighted by atomic mass is 10.2. The van der Waals surface area contributed by atoms with Gasteiger partial charge in [-0.2, -0.15) is 0 Å². The number of aromatic nitrogens is 1. The van der Waals surface area contributed by atoms with Crippen LogP contribution in [0.4, 0.5) is 4.39 Å². The second kappa shape index (κ2) is 2.64. The van der Waals surface area contributed by atoms with E-state index >= 15 is 0 Å². The number of fused-ring (bicyclic) bond motifs is 1. The van der Waals surface area contributed by atoms with Crippen LogP contribution in [-0.2, 0) is 0 Å². The van der Waals surface area contributed by atoms with Crippen LogP contribution in [-0.4, -0.2) is 4.98 Å². The fraction of sp³-hybridized carbons (Fsp3) is 0. The van der Waals surface area contributed by atoms with Gasteiger partial charge in [-0.05, 0) is 12.1 Å². The van der Waals surface area contributed by atoms with Crippen molar-refractivity contribution in [3.05, 3.63) is 34.2 Å². The predicted octanol–water partition coefficient (Wildman–Crippen LogP) is 3.61. The van der Waals surface area contributed by atoms with Crippen LogP contribution in [0.15, 0.2) is 18.3 Å². The molecular weight excluding hydrogens is 200 g/mol. The molecule has 0 saturated carbocycles. The van der Waals surface area contributed by atoms with Crippen LogP contribution in [0.25, 0.3) is 10.9 Å². The quantitative estimate of drug-likeness (QED) is 0.674. The fourth-order valence-corrected chi connectivity index (χ4v) is 1.53. The van der Waals surface area contributed by atoms with Crippen LogP contribution >= 0.6 is 23.2 Å². The van der Waals surface area contributed by atoms with E-state index < -0.39 is 0 Å². The lowest BCUT2D eigenvalue weighted by Gasteiger charge is -1.94. The first-order valence-corrected chi connectivity index (χ1v) is 4.05. The Bertz CT molecular complexity index is 436. The van der Waals surface area contributed by atoms with E-state index in [9.17, 15) is 4.39 Å². The van der Waals surface area contributed by atoms with E-state index in [2.05, 4.69) is 4.98 Å². The Hall–Kier alpha value is -0.730. The van der Waals surface area contributed by atoms with E-state index in [4.69, 9.17) is 23.2 Å². The molecule has 0 aliphatic rings. The van der Waals surface area contributed by atoms with E-state index in [1.54, 1.807) is 6.07 Å². The summed E-state index contributed by atoms with van der Waals surface area (Å²) >= 11 is 11.4. The summed E-state index contributed by atoms with van der Waals surface area (Å²) in [6.07, 6.45) is 1.53. The maximum absolute atomic E-state index is 13.1. The van der Waals surface area contributed by atoms with Crippen molar-refractivity contribution >= 4 is 34.1 Å². The summed E-state index contributed by atoms with van der Waals surface area (Å²) in [6.45, 7) is 0. The van der Waals surface area contributed by atoms with E-state index in [1.165, 1.54) is 12.3 Å². The first-order valence-electron chi connectivity index (χ1n) is 3.30. The van der Waals surface area contributed by atoms with Crippen LogP contribution in [0.3, 0.4) is 0 Å². The molecule has 0 aliphatic carbocycles. The van der Waals surface area contributed by atoms with Crippen molar-refractivity contribution < 1.29 is 4.39 Å². The Morgan fingerprint density at radius 1 is 1.25 bits per heavy atom. The highest BCUT2D eigenvalue weighted by Gasteiger charge is 2.06. The summed E-state index contributed by atoms with van der Waals surface area (Å²) in [5, 5.41) is 1.44. The third-order valence-corrected chi connectivity index (χ3v) is 2.19. The lowest BCUT2D eigenvalue weighted by Crippen LogP contribution is -1.76. The van der Waals surface area contributed by atoms with Crippen LogP contribution in [0, 0.1) is 5.82 Å². The number of aromatic amines is 1. The number of rotatable bonds is 0. The molecule has 1 aromatic carbocycles. The van der Waals surface area contributed by atoms with Gasteiger partial charge in [0.25, 0.3) is 0 Å². The van der Waals surface area contributed by atoms with Crippen LogP contribution in [0.5, 0.6) is 0 Å². The third-order valence-electron chi connectivity index (χ3n) is 1.66. The molecule has 0 saturated heterocycles. The zero-order valence-corrected chi connectivity index (χ0v) is 7.38. The summed E-state index contributed by atoms with van der Waals surface area (Å²) in [7, 11) is 0. The highest BCUT2D eigenvalue weighted by molar-refractivity contribution is 6.36. The van der Waals surface area contributed by atoms with Gasteiger partial charge in [-0.1, -0.05) is 23.2 Å². The molecule has 1 aromatic heterocycles. The van der Waals surface area contributed by atoms with E-state index in [1.807, 2.05) is 0 Å². The monoisotopic (exact) mass is 203 g/mol. The minimum atomic E-state index is -0.385. The highest BCUT2D eigenvalue weighted by atomic mass is 35.5. The molecule has 0 radical (unpaired) electrons. The Morgan fingerprint density at radius 2 is 2.00 bits per heavy atom. The van der Waals surface area contributed by atoms with Gasteiger partial charge in [0.2, 0.25) is 0 Å². The third kappa shape index (κ3) is 1.08. The van der Waals surface area contributed by atoms with Gasteiger partial charge < -0.3 is 4.98 Å². The molecule has 2 aromatic rings. The minimum Gasteiger partial charge on any atom is -0.357 e. The topological polar surface area (TPSA) is 15.8 Å². The fourth-order valence-electron chi connectivity index (χ4n) is 1.12. The second-order valence-corrected chi connectivity index (χ2v) is 3.29. The molecule has 0 fully saturated rings. The highest BCUT2D eigenvalue weighted by Crippen LogP contribution is 2.27. The first-order chi connectivity index (χ1) is 5.68. The zero-order chi connectivity index (χ0) is 8.72. The van der Waals surface area contributed by atoms with Crippen molar-refractivity contribution in [2.75, 3.05) is 0 Å². The van der Waals surface area contributed by atoms with Gasteiger partial charge in [0.15, 0.2) is 0 Å². The summed E-state index contributed by atoms with van der Waals surface area (Å²) in [6, 6.07) is 2.87. The average molecular weight is 204 g/mol. The molecule has 2 rings (SSSR count). The molecule has 1 N–H and O–H groups in total. The van der Waals surface area contributed by atoms with Crippen molar-refractivity contribution in [2.45, 2.75) is 0 Å². The number of benzene rings is 1. The maximum Gasteiger partial charge on any atom is 0.148 e. The molecule has 0 amide bonds. The largest absolute Gasteiger partial charge is 0.357 e. The Balaban J connectivity index is 2.92. The Labute approximate surface area is 78.1 Å². The van der Waals surface area contributed by atoms with Crippen molar-refractivity contribution in [3.8, 4) is 0 Å². The molecule has 0 unspecified atom stereocenters. The van der Waals surface area contributed by atoms with Crippen LogP contribution < -0.4 is 0 Å². The van der Waals surface area contributed by atoms with E-state index in [-0.39, 0.29) is 5.82 Å². The molecule has 0 aliphatic heterocycles. The van der Waals surface area contributed by atoms with Gasteiger partial charge in [-0.15, -0.1) is 0 Å². The number of hydrogen-bond acceptors (Lipinski definition) is 0. The molecule has 0 atom stereocenters. The lowest BCUT2D eigenvalue weighted by molar-refractivity contribution is 0.637. The van der Waals surface area contributed by atoms with Gasteiger partial charge in [0.05, 0.1) is 10.5 Å². The molecule has 4 heteroatoms. The summed E-state index contributed by atoms with van der Waals surface area (Å²) < 4.78 is 13.1. The molecule has 62 valence electrons.